The van der Waals surface area contributed by atoms with Gasteiger partial charge < -0.3 is 19.5 Å². The molecule has 0 radical (unpaired) electrons. The first-order chi connectivity index (χ1) is 12.1. The first kappa shape index (κ1) is 22.5. The van der Waals surface area contributed by atoms with Crippen molar-refractivity contribution in [1.29, 1.82) is 0 Å². The van der Waals surface area contributed by atoms with Gasteiger partial charge in [-0.1, -0.05) is 16.8 Å². The predicted molar refractivity (Wildman–Crippen MR) is 114 cm³/mol. The number of rotatable bonds is 8. The van der Waals surface area contributed by atoms with E-state index < -0.39 is 0 Å². The molecule has 0 saturated heterocycles. The molecular formula is C17H25ClIN5O2. The monoisotopic (exact) mass is 493 g/mol. The predicted octanol–water partition coefficient (Wildman–Crippen LogP) is 3.17. The summed E-state index contributed by atoms with van der Waals surface area (Å²) in [5, 5.41) is 7.79. The van der Waals surface area contributed by atoms with Gasteiger partial charge in [0.05, 0.1) is 6.54 Å². The molecule has 0 aliphatic heterocycles. The lowest BCUT2D eigenvalue weighted by atomic mass is 10.3. The average molecular weight is 494 g/mol. The van der Waals surface area contributed by atoms with E-state index in [4.69, 9.17) is 20.9 Å². The summed E-state index contributed by atoms with van der Waals surface area (Å²) in [5.74, 6) is 2.95. The number of benzene rings is 1. The first-order valence-corrected chi connectivity index (χ1v) is 8.55. The summed E-state index contributed by atoms with van der Waals surface area (Å²) in [7, 11) is 3.74. The molecule has 7 nitrogen and oxygen atoms in total. The third-order valence-corrected chi connectivity index (χ3v) is 3.75. The summed E-state index contributed by atoms with van der Waals surface area (Å²) in [6.07, 6.45) is 1.63. The number of likely N-dealkylation sites (N-methyl/N-ethyl adjacent to an activating group) is 1. The number of hydrogen-bond acceptors (Lipinski definition) is 5. The van der Waals surface area contributed by atoms with Crippen LogP contribution in [0.2, 0.25) is 5.02 Å². The van der Waals surface area contributed by atoms with Crippen molar-refractivity contribution in [2.45, 2.75) is 19.8 Å². The van der Waals surface area contributed by atoms with Crippen LogP contribution in [0.3, 0.4) is 0 Å². The van der Waals surface area contributed by atoms with Crippen molar-refractivity contribution in [2.75, 3.05) is 33.8 Å². The van der Waals surface area contributed by atoms with Crippen LogP contribution >= 0.6 is 35.6 Å². The molecule has 0 spiro atoms. The second-order valence-corrected chi connectivity index (χ2v) is 5.97. The smallest absolute Gasteiger partial charge is 0.226 e. The topological polar surface area (TPSA) is 75.8 Å². The van der Waals surface area contributed by atoms with E-state index in [1.165, 1.54) is 0 Å². The van der Waals surface area contributed by atoms with E-state index in [9.17, 15) is 0 Å². The van der Waals surface area contributed by atoms with Crippen molar-refractivity contribution in [2.24, 2.45) is 4.99 Å². The fraction of sp³-hybridized carbons (Fsp3) is 0.471. The van der Waals surface area contributed by atoms with E-state index in [-0.39, 0.29) is 24.0 Å². The zero-order chi connectivity index (χ0) is 18.1. The van der Waals surface area contributed by atoms with Crippen molar-refractivity contribution in [1.82, 2.24) is 20.4 Å². The Hall–Kier alpha value is -1.55. The Morgan fingerprint density at radius 2 is 2.08 bits per heavy atom. The van der Waals surface area contributed by atoms with Crippen LogP contribution in [0.1, 0.15) is 18.1 Å². The molecule has 0 amide bonds. The van der Waals surface area contributed by atoms with Gasteiger partial charge in [0.25, 0.3) is 0 Å². The van der Waals surface area contributed by atoms with Crippen molar-refractivity contribution < 1.29 is 9.26 Å². The Balaban J connectivity index is 0.00000338. The number of hydrogen-bond donors (Lipinski definition) is 1. The molecule has 9 heteroatoms. The van der Waals surface area contributed by atoms with Crippen LogP contribution < -0.4 is 10.1 Å². The van der Waals surface area contributed by atoms with Crippen LogP contribution in [-0.2, 0) is 6.42 Å². The zero-order valence-electron chi connectivity index (χ0n) is 15.2. The minimum Gasteiger partial charge on any atom is -0.492 e. The second kappa shape index (κ2) is 11.9. The molecule has 0 unspecified atom stereocenters. The minimum atomic E-state index is 0. The molecule has 0 aliphatic carbocycles. The molecule has 1 heterocycles. The van der Waals surface area contributed by atoms with Crippen molar-refractivity contribution in [3.05, 3.63) is 41.0 Å². The minimum absolute atomic E-state index is 0. The van der Waals surface area contributed by atoms with Gasteiger partial charge in [-0.05, 0) is 37.6 Å². The molecule has 0 aliphatic rings. The Bertz CT molecular complexity index is 678. The van der Waals surface area contributed by atoms with Gasteiger partial charge in [-0.25, -0.2) is 0 Å². The molecular weight excluding hydrogens is 469 g/mol. The van der Waals surface area contributed by atoms with Gasteiger partial charge >= 0.3 is 0 Å². The van der Waals surface area contributed by atoms with Gasteiger partial charge in [-0.3, -0.25) is 4.99 Å². The lowest BCUT2D eigenvalue weighted by molar-refractivity contribution is 0.281. The molecule has 2 rings (SSSR count). The number of ether oxygens (including phenoxy) is 1. The van der Waals surface area contributed by atoms with Crippen molar-refractivity contribution >= 4 is 41.5 Å². The molecule has 2 aromatic rings. The van der Waals surface area contributed by atoms with E-state index in [2.05, 4.69) is 20.4 Å². The van der Waals surface area contributed by atoms with Gasteiger partial charge in [-0.15, -0.1) is 24.0 Å². The van der Waals surface area contributed by atoms with Crippen LogP contribution in [-0.4, -0.2) is 54.8 Å². The first-order valence-electron chi connectivity index (χ1n) is 8.18. The summed E-state index contributed by atoms with van der Waals surface area (Å²) in [4.78, 5) is 10.5. The molecule has 1 N–H and O–H groups in total. The third-order valence-electron chi connectivity index (χ3n) is 3.50. The number of aliphatic imine (C=N–C) groups is 1. The maximum atomic E-state index is 5.86. The average Bonchev–Trinajstić information content (AvgIpc) is 3.02. The normalized spacial score (nSPS) is 11.0. The molecule has 0 atom stereocenters. The molecule has 0 fully saturated rings. The summed E-state index contributed by atoms with van der Waals surface area (Å²) < 4.78 is 10.8. The van der Waals surface area contributed by atoms with Gasteiger partial charge in [-0.2, -0.15) is 4.98 Å². The Kier molecular flexibility index (Phi) is 10.3. The third kappa shape index (κ3) is 7.77. The zero-order valence-corrected chi connectivity index (χ0v) is 18.3. The largest absolute Gasteiger partial charge is 0.492 e. The highest BCUT2D eigenvalue weighted by molar-refractivity contribution is 14.0. The Labute approximate surface area is 176 Å². The highest BCUT2D eigenvalue weighted by atomic mass is 127. The fourth-order valence-corrected chi connectivity index (χ4v) is 2.33. The van der Waals surface area contributed by atoms with E-state index in [0.717, 1.165) is 31.1 Å². The van der Waals surface area contributed by atoms with E-state index in [0.29, 0.717) is 29.9 Å². The Morgan fingerprint density at radius 1 is 1.35 bits per heavy atom. The van der Waals surface area contributed by atoms with Gasteiger partial charge in [0.1, 0.15) is 12.4 Å². The number of aromatic nitrogens is 2. The summed E-state index contributed by atoms with van der Waals surface area (Å²) in [5.41, 5.74) is 0. The standard InChI is InChI=1S/C17H24ClN5O2.HI/c1-13-21-16(25-22-13)5-4-10-20-17(19-2)23(3)11-12-24-15-8-6-14(18)7-9-15;/h6-9H,4-5,10-12H2,1-3H3,(H,19,20);1H. The fourth-order valence-electron chi connectivity index (χ4n) is 2.20. The van der Waals surface area contributed by atoms with E-state index in [1.807, 2.05) is 43.1 Å². The summed E-state index contributed by atoms with van der Waals surface area (Å²) in [6, 6.07) is 7.33. The summed E-state index contributed by atoms with van der Waals surface area (Å²) >= 11 is 5.86. The molecule has 0 saturated carbocycles. The molecule has 1 aromatic carbocycles. The summed E-state index contributed by atoms with van der Waals surface area (Å²) in [6.45, 7) is 3.86. The van der Waals surface area contributed by atoms with Crippen LogP contribution in [0.15, 0.2) is 33.8 Å². The maximum Gasteiger partial charge on any atom is 0.226 e. The number of aryl methyl sites for hydroxylation is 2. The molecule has 144 valence electrons. The van der Waals surface area contributed by atoms with Gasteiger partial charge in [0.2, 0.25) is 5.89 Å². The lowest BCUT2D eigenvalue weighted by Crippen LogP contribution is -2.41. The number of nitrogens with one attached hydrogen (secondary N) is 1. The molecule has 0 bridgehead atoms. The lowest BCUT2D eigenvalue weighted by Gasteiger charge is -2.22. The van der Waals surface area contributed by atoms with Crippen LogP contribution in [0.25, 0.3) is 0 Å². The van der Waals surface area contributed by atoms with Crippen molar-refractivity contribution in [3.8, 4) is 5.75 Å². The highest BCUT2D eigenvalue weighted by Crippen LogP contribution is 2.15. The van der Waals surface area contributed by atoms with Crippen LogP contribution in [0.5, 0.6) is 5.75 Å². The maximum absolute atomic E-state index is 5.86. The Morgan fingerprint density at radius 3 is 2.69 bits per heavy atom. The molecule has 1 aromatic heterocycles. The number of guanidine groups is 1. The van der Waals surface area contributed by atoms with Gasteiger partial charge in [0, 0.05) is 32.1 Å². The van der Waals surface area contributed by atoms with E-state index in [1.54, 1.807) is 7.05 Å². The van der Waals surface area contributed by atoms with Gasteiger partial charge in [0.15, 0.2) is 11.8 Å². The SMILES string of the molecule is CN=C(NCCCc1nc(C)no1)N(C)CCOc1ccc(Cl)cc1.I. The van der Waals surface area contributed by atoms with Crippen molar-refractivity contribution in [3.63, 3.8) is 0 Å². The second-order valence-electron chi connectivity index (χ2n) is 5.54. The number of halogens is 2. The van der Waals surface area contributed by atoms with E-state index >= 15 is 0 Å². The molecule has 26 heavy (non-hydrogen) atoms. The van der Waals surface area contributed by atoms with Crippen LogP contribution in [0, 0.1) is 6.92 Å². The highest BCUT2D eigenvalue weighted by Gasteiger charge is 2.07. The quantitative estimate of drug-likeness (QED) is 0.263. The number of nitrogens with zero attached hydrogens (tertiary/aromatic N) is 4. The van der Waals surface area contributed by atoms with Crippen LogP contribution in [0.4, 0.5) is 0 Å².